The molecule has 3 nitrogen and oxygen atoms in total. The van der Waals surface area contributed by atoms with Crippen LogP contribution >= 0.6 is 15.9 Å². The van der Waals surface area contributed by atoms with E-state index in [1.54, 1.807) is 0 Å². The SMILES string of the molecule is CCCOc1nn(C)c(CC)c1Br. The van der Waals surface area contributed by atoms with Gasteiger partial charge in [0.15, 0.2) is 0 Å². The van der Waals surface area contributed by atoms with Crippen molar-refractivity contribution in [3.63, 3.8) is 0 Å². The van der Waals surface area contributed by atoms with E-state index in [2.05, 4.69) is 34.9 Å². The molecule has 0 unspecified atom stereocenters. The molecule has 0 radical (unpaired) electrons. The van der Waals surface area contributed by atoms with Crippen molar-refractivity contribution in [2.45, 2.75) is 26.7 Å². The van der Waals surface area contributed by atoms with Crippen LogP contribution in [0.1, 0.15) is 26.0 Å². The number of hydrogen-bond donors (Lipinski definition) is 0. The molecule has 1 aromatic heterocycles. The predicted molar refractivity (Wildman–Crippen MR) is 56.1 cm³/mol. The average molecular weight is 247 g/mol. The molecule has 1 rings (SSSR count). The predicted octanol–water partition coefficient (Wildman–Crippen LogP) is 2.53. The summed E-state index contributed by atoms with van der Waals surface area (Å²) in [5, 5.41) is 4.27. The average Bonchev–Trinajstić information content (AvgIpc) is 2.38. The first kappa shape index (κ1) is 10.6. The van der Waals surface area contributed by atoms with Crippen molar-refractivity contribution in [2.75, 3.05) is 6.61 Å². The van der Waals surface area contributed by atoms with Crippen LogP contribution in [-0.2, 0) is 13.5 Å². The Hall–Kier alpha value is -0.510. The number of nitrogens with zero attached hydrogens (tertiary/aromatic N) is 2. The van der Waals surface area contributed by atoms with E-state index < -0.39 is 0 Å². The van der Waals surface area contributed by atoms with E-state index in [4.69, 9.17) is 4.74 Å². The fraction of sp³-hybridized carbons (Fsp3) is 0.667. The minimum Gasteiger partial charge on any atom is -0.476 e. The summed E-state index contributed by atoms with van der Waals surface area (Å²) in [5.41, 5.74) is 1.17. The number of ether oxygens (including phenoxy) is 1. The third kappa shape index (κ3) is 2.24. The zero-order valence-electron chi connectivity index (χ0n) is 8.30. The molecule has 0 bridgehead atoms. The van der Waals surface area contributed by atoms with Gasteiger partial charge in [-0.15, -0.1) is 5.10 Å². The van der Waals surface area contributed by atoms with Gasteiger partial charge in [0.2, 0.25) is 5.88 Å². The molecule has 0 atom stereocenters. The largest absolute Gasteiger partial charge is 0.476 e. The number of aromatic nitrogens is 2. The van der Waals surface area contributed by atoms with E-state index in [1.165, 1.54) is 5.69 Å². The number of hydrogen-bond acceptors (Lipinski definition) is 2. The highest BCUT2D eigenvalue weighted by Gasteiger charge is 2.12. The molecule has 1 heterocycles. The van der Waals surface area contributed by atoms with Crippen molar-refractivity contribution in [1.82, 2.24) is 9.78 Å². The quantitative estimate of drug-likeness (QED) is 0.817. The van der Waals surface area contributed by atoms with Crippen LogP contribution in [0, 0.1) is 0 Å². The Morgan fingerprint density at radius 3 is 2.62 bits per heavy atom. The van der Waals surface area contributed by atoms with Gasteiger partial charge in [0.05, 0.1) is 12.3 Å². The Bertz CT molecular complexity index is 283. The minimum atomic E-state index is 0.709. The Morgan fingerprint density at radius 1 is 1.46 bits per heavy atom. The van der Waals surface area contributed by atoms with E-state index in [1.807, 2.05) is 11.7 Å². The van der Waals surface area contributed by atoms with Gasteiger partial charge in [-0.3, -0.25) is 4.68 Å². The molecule has 0 aliphatic rings. The van der Waals surface area contributed by atoms with Crippen molar-refractivity contribution in [3.05, 3.63) is 10.2 Å². The van der Waals surface area contributed by atoms with Crippen LogP contribution in [0.5, 0.6) is 5.88 Å². The topological polar surface area (TPSA) is 27.1 Å². The second-order valence-electron chi connectivity index (χ2n) is 2.89. The summed E-state index contributed by atoms with van der Waals surface area (Å²) in [6.45, 7) is 4.90. The zero-order chi connectivity index (χ0) is 9.84. The van der Waals surface area contributed by atoms with E-state index >= 15 is 0 Å². The standard InChI is InChI=1S/C9H15BrN2O/c1-4-6-13-9-8(10)7(5-2)12(3)11-9/h4-6H2,1-3H3. The van der Waals surface area contributed by atoms with Gasteiger partial charge in [0.1, 0.15) is 4.47 Å². The third-order valence-corrected chi connectivity index (χ3v) is 2.65. The lowest BCUT2D eigenvalue weighted by Crippen LogP contribution is -1.98. The van der Waals surface area contributed by atoms with Gasteiger partial charge in [-0.2, -0.15) is 0 Å². The van der Waals surface area contributed by atoms with E-state index in [0.29, 0.717) is 5.88 Å². The maximum atomic E-state index is 5.47. The van der Waals surface area contributed by atoms with Crippen LogP contribution in [0.25, 0.3) is 0 Å². The van der Waals surface area contributed by atoms with Gasteiger partial charge in [-0.05, 0) is 28.8 Å². The van der Waals surface area contributed by atoms with E-state index in [-0.39, 0.29) is 0 Å². The van der Waals surface area contributed by atoms with Gasteiger partial charge in [0.25, 0.3) is 0 Å². The van der Waals surface area contributed by atoms with Crippen LogP contribution in [0.3, 0.4) is 0 Å². The summed E-state index contributed by atoms with van der Waals surface area (Å²) in [6, 6.07) is 0. The molecule has 0 amide bonds. The summed E-state index contributed by atoms with van der Waals surface area (Å²) in [5.74, 6) is 0.709. The van der Waals surface area contributed by atoms with Crippen molar-refractivity contribution < 1.29 is 4.74 Å². The lowest BCUT2D eigenvalue weighted by atomic mass is 10.3. The molecule has 74 valence electrons. The lowest BCUT2D eigenvalue weighted by molar-refractivity contribution is 0.300. The summed E-state index contributed by atoms with van der Waals surface area (Å²) >= 11 is 3.48. The fourth-order valence-corrected chi connectivity index (χ4v) is 1.91. The Balaban J connectivity index is 2.83. The van der Waals surface area contributed by atoms with Crippen LogP contribution in [0.15, 0.2) is 4.47 Å². The summed E-state index contributed by atoms with van der Waals surface area (Å²) in [4.78, 5) is 0. The smallest absolute Gasteiger partial charge is 0.247 e. The Morgan fingerprint density at radius 2 is 2.15 bits per heavy atom. The molecule has 0 N–H and O–H groups in total. The molecule has 0 fully saturated rings. The van der Waals surface area contributed by atoms with Crippen molar-refractivity contribution >= 4 is 15.9 Å². The molecular formula is C9H15BrN2O. The van der Waals surface area contributed by atoms with Gasteiger partial charge in [0, 0.05) is 7.05 Å². The third-order valence-electron chi connectivity index (χ3n) is 1.85. The monoisotopic (exact) mass is 246 g/mol. The molecule has 1 aromatic rings. The normalized spacial score (nSPS) is 10.5. The van der Waals surface area contributed by atoms with Crippen LogP contribution < -0.4 is 4.74 Å². The molecule has 0 aliphatic carbocycles. The molecule has 0 spiro atoms. The highest BCUT2D eigenvalue weighted by molar-refractivity contribution is 9.10. The molecule has 13 heavy (non-hydrogen) atoms. The van der Waals surface area contributed by atoms with Gasteiger partial charge in [-0.25, -0.2) is 0 Å². The van der Waals surface area contributed by atoms with Crippen molar-refractivity contribution in [1.29, 1.82) is 0 Å². The molecular weight excluding hydrogens is 232 g/mol. The summed E-state index contributed by atoms with van der Waals surface area (Å²) in [6.07, 6.45) is 1.96. The Kier molecular flexibility index (Phi) is 3.78. The molecule has 4 heteroatoms. The first-order valence-corrected chi connectivity index (χ1v) is 5.34. The van der Waals surface area contributed by atoms with Gasteiger partial charge in [-0.1, -0.05) is 13.8 Å². The van der Waals surface area contributed by atoms with E-state index in [0.717, 1.165) is 23.9 Å². The maximum Gasteiger partial charge on any atom is 0.247 e. The van der Waals surface area contributed by atoms with Gasteiger partial charge < -0.3 is 4.74 Å². The zero-order valence-corrected chi connectivity index (χ0v) is 9.89. The first-order valence-electron chi connectivity index (χ1n) is 4.54. The maximum absolute atomic E-state index is 5.47. The van der Waals surface area contributed by atoms with Crippen LogP contribution in [-0.4, -0.2) is 16.4 Å². The van der Waals surface area contributed by atoms with E-state index in [9.17, 15) is 0 Å². The second kappa shape index (κ2) is 4.65. The summed E-state index contributed by atoms with van der Waals surface area (Å²) in [7, 11) is 1.93. The number of aryl methyl sites for hydroxylation is 1. The second-order valence-corrected chi connectivity index (χ2v) is 3.68. The molecule has 0 saturated carbocycles. The molecule has 0 aliphatic heterocycles. The highest BCUT2D eigenvalue weighted by atomic mass is 79.9. The number of rotatable bonds is 4. The Labute approximate surface area is 87.2 Å². The molecule has 0 saturated heterocycles. The highest BCUT2D eigenvalue weighted by Crippen LogP contribution is 2.27. The minimum absolute atomic E-state index is 0.709. The lowest BCUT2D eigenvalue weighted by Gasteiger charge is -1.99. The fourth-order valence-electron chi connectivity index (χ4n) is 1.18. The van der Waals surface area contributed by atoms with Crippen molar-refractivity contribution in [3.8, 4) is 5.88 Å². The van der Waals surface area contributed by atoms with Crippen molar-refractivity contribution in [2.24, 2.45) is 7.05 Å². The van der Waals surface area contributed by atoms with Crippen LogP contribution in [0.2, 0.25) is 0 Å². The first-order chi connectivity index (χ1) is 6.20. The number of halogens is 1. The van der Waals surface area contributed by atoms with Gasteiger partial charge >= 0.3 is 0 Å². The van der Waals surface area contributed by atoms with Crippen LogP contribution in [0.4, 0.5) is 0 Å². The molecule has 0 aromatic carbocycles. The summed E-state index contributed by atoms with van der Waals surface area (Å²) < 4.78 is 8.32.